The molecule has 0 radical (unpaired) electrons. The second kappa shape index (κ2) is 7.06. The first-order chi connectivity index (χ1) is 11.3. The first kappa shape index (κ1) is 19.3. The van der Waals surface area contributed by atoms with Gasteiger partial charge in [0.25, 0.3) is 0 Å². The van der Waals surface area contributed by atoms with Gasteiger partial charge in [0.05, 0.1) is 17.6 Å². The van der Waals surface area contributed by atoms with E-state index in [1.165, 1.54) is 12.1 Å². The van der Waals surface area contributed by atoms with Crippen molar-refractivity contribution in [2.75, 3.05) is 6.54 Å². The third-order valence-corrected chi connectivity index (χ3v) is 4.43. The molecule has 1 aliphatic rings. The molecular formula is C18H18ClF3N2O. The zero-order chi connectivity index (χ0) is 17.4. The van der Waals surface area contributed by atoms with E-state index in [9.17, 15) is 18.0 Å². The first-order valence-corrected chi connectivity index (χ1v) is 7.60. The van der Waals surface area contributed by atoms with E-state index < -0.39 is 17.3 Å². The third kappa shape index (κ3) is 3.80. The predicted molar refractivity (Wildman–Crippen MR) is 91.4 cm³/mol. The number of amides is 1. The molecule has 3 N–H and O–H groups in total. The average molecular weight is 371 g/mol. The Labute approximate surface area is 149 Å². The SMILES string of the molecule is Cl.NCC(=O)NC1(c2ccc(C(F)(F)F)cc2)Cc2ccccc2C1. The highest BCUT2D eigenvalue weighted by molar-refractivity contribution is 5.85. The normalized spacial score (nSPS) is 15.2. The van der Waals surface area contributed by atoms with E-state index >= 15 is 0 Å². The highest BCUT2D eigenvalue weighted by Crippen LogP contribution is 2.39. The molecule has 0 saturated carbocycles. The molecule has 3 rings (SSSR count). The molecule has 2 aromatic carbocycles. The van der Waals surface area contributed by atoms with Gasteiger partial charge in [-0.2, -0.15) is 13.2 Å². The fraction of sp³-hybridized carbons (Fsp3) is 0.278. The summed E-state index contributed by atoms with van der Waals surface area (Å²) in [6, 6.07) is 12.7. The summed E-state index contributed by atoms with van der Waals surface area (Å²) in [6.45, 7) is -0.168. The molecule has 1 amide bonds. The highest BCUT2D eigenvalue weighted by Gasteiger charge is 2.40. The van der Waals surface area contributed by atoms with Gasteiger partial charge in [0.2, 0.25) is 5.91 Å². The maximum atomic E-state index is 12.8. The Hall–Kier alpha value is -2.05. The van der Waals surface area contributed by atoms with Crippen molar-refractivity contribution in [1.29, 1.82) is 0 Å². The lowest BCUT2D eigenvalue weighted by atomic mass is 9.86. The zero-order valence-electron chi connectivity index (χ0n) is 13.3. The van der Waals surface area contributed by atoms with E-state index in [-0.39, 0.29) is 24.9 Å². The number of nitrogens with one attached hydrogen (secondary N) is 1. The van der Waals surface area contributed by atoms with Gasteiger partial charge in [-0.25, -0.2) is 0 Å². The van der Waals surface area contributed by atoms with Gasteiger partial charge in [-0.3, -0.25) is 4.79 Å². The summed E-state index contributed by atoms with van der Waals surface area (Å²) in [5.41, 5.74) is 6.75. The minimum absolute atomic E-state index is 0. The maximum Gasteiger partial charge on any atom is 0.416 e. The van der Waals surface area contributed by atoms with E-state index in [0.29, 0.717) is 18.4 Å². The van der Waals surface area contributed by atoms with Gasteiger partial charge in [-0.05, 0) is 28.8 Å². The molecule has 0 fully saturated rings. The van der Waals surface area contributed by atoms with Gasteiger partial charge in [0.15, 0.2) is 0 Å². The lowest BCUT2D eigenvalue weighted by molar-refractivity contribution is -0.137. The van der Waals surface area contributed by atoms with Crippen molar-refractivity contribution in [2.24, 2.45) is 5.73 Å². The van der Waals surface area contributed by atoms with Crippen molar-refractivity contribution in [3.63, 3.8) is 0 Å². The second-order valence-corrected chi connectivity index (χ2v) is 6.03. The predicted octanol–water partition coefficient (Wildman–Crippen LogP) is 3.20. The minimum atomic E-state index is -4.38. The van der Waals surface area contributed by atoms with Crippen LogP contribution in [0, 0.1) is 0 Å². The topological polar surface area (TPSA) is 55.1 Å². The van der Waals surface area contributed by atoms with Gasteiger partial charge in [0.1, 0.15) is 0 Å². The van der Waals surface area contributed by atoms with E-state index in [0.717, 1.165) is 23.3 Å². The van der Waals surface area contributed by atoms with Gasteiger partial charge in [-0.15, -0.1) is 12.4 Å². The van der Waals surface area contributed by atoms with Gasteiger partial charge in [-0.1, -0.05) is 36.4 Å². The quantitative estimate of drug-likeness (QED) is 0.871. The molecule has 0 heterocycles. The fourth-order valence-electron chi connectivity index (χ4n) is 3.28. The molecule has 3 nitrogen and oxygen atoms in total. The molecule has 7 heteroatoms. The molecular weight excluding hydrogens is 353 g/mol. The van der Waals surface area contributed by atoms with E-state index in [2.05, 4.69) is 5.32 Å². The van der Waals surface area contributed by atoms with Crippen molar-refractivity contribution in [2.45, 2.75) is 24.6 Å². The van der Waals surface area contributed by atoms with Crippen LogP contribution in [0.15, 0.2) is 48.5 Å². The Bertz CT molecular complexity index is 735. The van der Waals surface area contributed by atoms with E-state index in [4.69, 9.17) is 5.73 Å². The largest absolute Gasteiger partial charge is 0.416 e. The maximum absolute atomic E-state index is 12.8. The fourth-order valence-corrected chi connectivity index (χ4v) is 3.28. The highest BCUT2D eigenvalue weighted by atomic mass is 35.5. The number of hydrogen-bond acceptors (Lipinski definition) is 2. The number of halogens is 4. The van der Waals surface area contributed by atoms with Crippen molar-refractivity contribution in [3.8, 4) is 0 Å². The molecule has 2 aromatic rings. The lowest BCUT2D eigenvalue weighted by Gasteiger charge is -2.31. The molecule has 134 valence electrons. The van der Waals surface area contributed by atoms with Crippen LogP contribution >= 0.6 is 12.4 Å². The monoisotopic (exact) mass is 370 g/mol. The molecule has 0 saturated heterocycles. The molecule has 0 unspecified atom stereocenters. The number of carbonyl (C=O) groups is 1. The summed E-state index contributed by atoms with van der Waals surface area (Å²) in [5.74, 6) is -0.331. The molecule has 0 aliphatic heterocycles. The van der Waals surface area contributed by atoms with Gasteiger partial charge in [0, 0.05) is 12.8 Å². The van der Waals surface area contributed by atoms with Gasteiger partial charge >= 0.3 is 6.18 Å². The summed E-state index contributed by atoms with van der Waals surface area (Å²) in [4.78, 5) is 11.9. The van der Waals surface area contributed by atoms with E-state index in [1.54, 1.807) is 0 Å². The van der Waals surface area contributed by atoms with Gasteiger partial charge < -0.3 is 11.1 Å². The number of rotatable bonds is 3. The van der Waals surface area contributed by atoms with Crippen molar-refractivity contribution in [1.82, 2.24) is 5.32 Å². The number of fused-ring (bicyclic) bond motifs is 1. The van der Waals surface area contributed by atoms with Crippen LogP contribution in [0.5, 0.6) is 0 Å². The van der Waals surface area contributed by atoms with Crippen LogP contribution in [0.4, 0.5) is 13.2 Å². The molecule has 25 heavy (non-hydrogen) atoms. The Morgan fingerprint density at radius 3 is 2.00 bits per heavy atom. The molecule has 0 aromatic heterocycles. The molecule has 1 aliphatic carbocycles. The molecule has 0 atom stereocenters. The zero-order valence-corrected chi connectivity index (χ0v) is 14.1. The summed E-state index contributed by atoms with van der Waals surface area (Å²) in [7, 11) is 0. The van der Waals surface area contributed by atoms with Crippen LogP contribution in [-0.2, 0) is 29.4 Å². The summed E-state index contributed by atoms with van der Waals surface area (Å²) in [6.07, 6.45) is -3.33. The standard InChI is InChI=1S/C18H17F3N2O.ClH/c19-18(20,21)15-7-5-14(6-8-15)17(23-16(24)11-22)9-12-3-1-2-4-13(12)10-17;/h1-8H,9-11,22H2,(H,23,24);1H. The Morgan fingerprint density at radius 1 is 1.04 bits per heavy atom. The number of benzene rings is 2. The van der Waals surface area contributed by atoms with Crippen molar-refractivity contribution in [3.05, 3.63) is 70.8 Å². The number of alkyl halides is 3. The lowest BCUT2D eigenvalue weighted by Crippen LogP contribution is -2.48. The Kier molecular flexibility index (Phi) is 5.44. The number of carbonyl (C=O) groups excluding carboxylic acids is 1. The van der Waals surface area contributed by atoms with Crippen LogP contribution in [0.2, 0.25) is 0 Å². The first-order valence-electron chi connectivity index (χ1n) is 7.60. The van der Waals surface area contributed by atoms with Crippen LogP contribution < -0.4 is 11.1 Å². The smallest absolute Gasteiger partial charge is 0.345 e. The van der Waals surface area contributed by atoms with E-state index in [1.807, 2.05) is 24.3 Å². The van der Waals surface area contributed by atoms with Crippen LogP contribution in [0.3, 0.4) is 0 Å². The Balaban J connectivity index is 0.00000225. The number of hydrogen-bond donors (Lipinski definition) is 2. The van der Waals surface area contributed by atoms with Crippen LogP contribution in [-0.4, -0.2) is 12.5 Å². The Morgan fingerprint density at radius 2 is 1.56 bits per heavy atom. The van der Waals surface area contributed by atoms with Crippen LogP contribution in [0.1, 0.15) is 22.3 Å². The average Bonchev–Trinajstić information content (AvgIpc) is 2.93. The molecule has 0 bridgehead atoms. The summed E-state index contributed by atoms with van der Waals surface area (Å²) in [5, 5.41) is 2.92. The molecule has 0 spiro atoms. The third-order valence-electron chi connectivity index (χ3n) is 4.43. The second-order valence-electron chi connectivity index (χ2n) is 6.03. The number of nitrogens with two attached hydrogens (primary N) is 1. The van der Waals surface area contributed by atoms with Crippen LogP contribution in [0.25, 0.3) is 0 Å². The van der Waals surface area contributed by atoms with Crippen molar-refractivity contribution < 1.29 is 18.0 Å². The summed E-state index contributed by atoms with van der Waals surface area (Å²) >= 11 is 0. The van der Waals surface area contributed by atoms with Crippen molar-refractivity contribution >= 4 is 18.3 Å². The summed E-state index contributed by atoms with van der Waals surface area (Å²) < 4.78 is 38.4. The minimum Gasteiger partial charge on any atom is -0.345 e.